The van der Waals surface area contributed by atoms with Crippen LogP contribution >= 0.6 is 0 Å². The molecule has 0 N–H and O–H groups in total. The number of carbonyl (C=O) groups excluding carboxylic acids is 1. The summed E-state index contributed by atoms with van der Waals surface area (Å²) in [4.78, 5) is 11.4. The lowest BCUT2D eigenvalue weighted by Crippen LogP contribution is -2.10. The van der Waals surface area contributed by atoms with Crippen molar-refractivity contribution >= 4 is 5.97 Å². The molecule has 0 saturated carbocycles. The van der Waals surface area contributed by atoms with E-state index in [-0.39, 0.29) is 12.1 Å². The third-order valence-corrected chi connectivity index (χ3v) is 3.09. The molecule has 0 aromatic carbocycles. The van der Waals surface area contributed by atoms with Crippen molar-refractivity contribution in [3.8, 4) is 0 Å². The van der Waals surface area contributed by atoms with E-state index in [1.54, 1.807) is 0 Å². The summed E-state index contributed by atoms with van der Waals surface area (Å²) < 4.78 is 5.10. The third-order valence-electron chi connectivity index (χ3n) is 3.09. The molecule has 2 heteroatoms. The molecule has 1 aliphatic heterocycles. The van der Waals surface area contributed by atoms with Crippen molar-refractivity contribution < 1.29 is 9.53 Å². The van der Waals surface area contributed by atoms with Gasteiger partial charge in [0.1, 0.15) is 6.10 Å². The van der Waals surface area contributed by atoms with Crippen LogP contribution in [0.25, 0.3) is 0 Å². The summed E-state index contributed by atoms with van der Waals surface area (Å²) >= 11 is 0. The van der Waals surface area contributed by atoms with Gasteiger partial charge < -0.3 is 4.74 Å². The summed E-state index contributed by atoms with van der Waals surface area (Å²) in [5.74, 6) is 0.600. The molecule has 17 heavy (non-hydrogen) atoms. The molecule has 1 rings (SSSR count). The predicted octanol–water partition coefficient (Wildman–Crippen LogP) is 4.10. The maximum atomic E-state index is 11.4. The van der Waals surface area contributed by atoms with Crippen LogP contribution in [-0.2, 0) is 9.53 Å². The van der Waals surface area contributed by atoms with Crippen LogP contribution in [0.15, 0.2) is 11.6 Å². The Balaban J connectivity index is 2.32. The predicted molar refractivity (Wildman–Crippen MR) is 70.7 cm³/mol. The van der Waals surface area contributed by atoms with Crippen LogP contribution in [0, 0.1) is 11.3 Å². The van der Waals surface area contributed by atoms with Crippen LogP contribution in [-0.4, -0.2) is 12.1 Å². The van der Waals surface area contributed by atoms with Gasteiger partial charge in [-0.25, -0.2) is 4.79 Å². The van der Waals surface area contributed by atoms with Crippen molar-refractivity contribution in [2.45, 2.75) is 66.4 Å². The van der Waals surface area contributed by atoms with Gasteiger partial charge in [0.2, 0.25) is 0 Å². The molecule has 2 atom stereocenters. The quantitative estimate of drug-likeness (QED) is 0.544. The highest BCUT2D eigenvalue weighted by Crippen LogP contribution is 2.27. The molecule has 0 aromatic heterocycles. The first-order chi connectivity index (χ1) is 7.78. The van der Waals surface area contributed by atoms with Crippen molar-refractivity contribution in [1.82, 2.24) is 0 Å². The molecule has 98 valence electrons. The van der Waals surface area contributed by atoms with Gasteiger partial charge in [-0.3, -0.25) is 0 Å². The van der Waals surface area contributed by atoms with Gasteiger partial charge in [0.05, 0.1) is 0 Å². The van der Waals surface area contributed by atoms with Crippen molar-refractivity contribution in [3.05, 3.63) is 11.6 Å². The topological polar surface area (TPSA) is 26.3 Å². The molecule has 0 amide bonds. The largest absolute Gasteiger partial charge is 0.459 e. The number of esters is 1. The van der Waals surface area contributed by atoms with E-state index in [0.717, 1.165) is 24.8 Å². The van der Waals surface area contributed by atoms with Crippen molar-refractivity contribution in [1.29, 1.82) is 0 Å². The Kier molecular flexibility index (Phi) is 4.79. The van der Waals surface area contributed by atoms with Crippen molar-refractivity contribution in [2.24, 2.45) is 11.3 Å². The zero-order valence-electron chi connectivity index (χ0n) is 11.9. The van der Waals surface area contributed by atoms with E-state index >= 15 is 0 Å². The van der Waals surface area contributed by atoms with Gasteiger partial charge >= 0.3 is 5.97 Å². The second-order valence-electron chi connectivity index (χ2n) is 6.60. The Morgan fingerprint density at radius 2 is 2.12 bits per heavy atom. The molecule has 0 aromatic rings. The molecule has 2 unspecified atom stereocenters. The van der Waals surface area contributed by atoms with Gasteiger partial charge in [0.25, 0.3) is 0 Å². The molecule has 0 radical (unpaired) electrons. The molecule has 1 heterocycles. The van der Waals surface area contributed by atoms with Gasteiger partial charge in [0.15, 0.2) is 0 Å². The van der Waals surface area contributed by atoms with Crippen LogP contribution in [0.5, 0.6) is 0 Å². The Hall–Kier alpha value is -0.790. The van der Waals surface area contributed by atoms with Crippen LogP contribution in [0.4, 0.5) is 0 Å². The fraction of sp³-hybridized carbons (Fsp3) is 0.800. The fourth-order valence-electron chi connectivity index (χ4n) is 2.55. The summed E-state index contributed by atoms with van der Waals surface area (Å²) in [6.45, 7) is 11.1. The maximum Gasteiger partial charge on any atom is 0.334 e. The number of hydrogen-bond acceptors (Lipinski definition) is 2. The minimum absolute atomic E-state index is 0.0701. The van der Waals surface area contributed by atoms with Crippen LogP contribution in [0.2, 0.25) is 0 Å². The smallest absolute Gasteiger partial charge is 0.334 e. The maximum absolute atomic E-state index is 11.4. The van der Waals surface area contributed by atoms with Gasteiger partial charge in [-0.05, 0) is 37.5 Å². The normalized spacial score (nSPS) is 25.1. The fourth-order valence-corrected chi connectivity index (χ4v) is 2.55. The highest BCUT2D eigenvalue weighted by atomic mass is 16.5. The highest BCUT2D eigenvalue weighted by molar-refractivity contribution is 5.90. The summed E-state index contributed by atoms with van der Waals surface area (Å²) in [6.07, 6.45) is 6.31. The molecule has 1 aliphatic rings. The number of cyclic esters (lactones) is 1. The number of hydrogen-bond donors (Lipinski definition) is 0. The van der Waals surface area contributed by atoms with Crippen LogP contribution in [0.3, 0.4) is 0 Å². The van der Waals surface area contributed by atoms with E-state index < -0.39 is 0 Å². The van der Waals surface area contributed by atoms with Crippen molar-refractivity contribution in [2.75, 3.05) is 0 Å². The second-order valence-corrected chi connectivity index (χ2v) is 6.60. The third kappa shape index (κ3) is 5.38. The van der Waals surface area contributed by atoms with Gasteiger partial charge in [-0.1, -0.05) is 33.8 Å². The zero-order chi connectivity index (χ0) is 13.1. The molecule has 0 aliphatic carbocycles. The Morgan fingerprint density at radius 3 is 2.59 bits per heavy atom. The first-order valence-electron chi connectivity index (χ1n) is 6.68. The number of ether oxygens (including phenoxy) is 1. The SMILES string of the molecule is CC(CC/C=C1/CC(C)OC1=O)CC(C)(C)C. The van der Waals surface area contributed by atoms with Gasteiger partial charge in [-0.2, -0.15) is 0 Å². The molecule has 0 spiro atoms. The summed E-state index contributed by atoms with van der Waals surface area (Å²) in [5, 5.41) is 0. The number of rotatable bonds is 4. The van der Waals surface area contributed by atoms with Gasteiger partial charge in [0, 0.05) is 12.0 Å². The van der Waals surface area contributed by atoms with E-state index in [0.29, 0.717) is 11.3 Å². The minimum atomic E-state index is -0.110. The Morgan fingerprint density at radius 1 is 1.47 bits per heavy atom. The Labute approximate surface area is 105 Å². The molecule has 1 saturated heterocycles. The summed E-state index contributed by atoms with van der Waals surface area (Å²) in [7, 11) is 0. The molecular formula is C15H26O2. The number of allylic oxidation sites excluding steroid dienone is 1. The lowest BCUT2D eigenvalue weighted by molar-refractivity contribution is -0.138. The second kappa shape index (κ2) is 5.70. The van der Waals surface area contributed by atoms with E-state index in [9.17, 15) is 4.79 Å². The summed E-state index contributed by atoms with van der Waals surface area (Å²) in [6, 6.07) is 0. The Bertz CT molecular complexity index is 297. The van der Waals surface area contributed by atoms with Gasteiger partial charge in [-0.15, -0.1) is 0 Å². The monoisotopic (exact) mass is 238 g/mol. The first kappa shape index (κ1) is 14.3. The average molecular weight is 238 g/mol. The van der Waals surface area contributed by atoms with E-state index in [4.69, 9.17) is 4.74 Å². The van der Waals surface area contributed by atoms with Crippen LogP contribution in [0.1, 0.15) is 60.3 Å². The lowest BCUT2D eigenvalue weighted by atomic mass is 9.83. The molecule has 1 fully saturated rings. The zero-order valence-corrected chi connectivity index (χ0v) is 11.9. The van der Waals surface area contributed by atoms with E-state index in [1.807, 2.05) is 6.92 Å². The average Bonchev–Trinajstić information content (AvgIpc) is 2.42. The number of carbonyl (C=O) groups is 1. The van der Waals surface area contributed by atoms with Crippen LogP contribution < -0.4 is 0 Å². The molecule has 2 nitrogen and oxygen atoms in total. The standard InChI is InChI=1S/C15H26O2/c1-11(10-15(3,4)5)7-6-8-13-9-12(2)17-14(13)16/h8,11-12H,6-7,9-10H2,1-5H3/b13-8-. The minimum Gasteiger partial charge on any atom is -0.459 e. The first-order valence-corrected chi connectivity index (χ1v) is 6.68. The molecular weight excluding hydrogens is 212 g/mol. The van der Waals surface area contributed by atoms with Crippen molar-refractivity contribution in [3.63, 3.8) is 0 Å². The van der Waals surface area contributed by atoms with E-state index in [2.05, 4.69) is 33.8 Å². The lowest BCUT2D eigenvalue weighted by Gasteiger charge is -2.22. The summed E-state index contributed by atoms with van der Waals surface area (Å²) in [5.41, 5.74) is 1.27. The highest BCUT2D eigenvalue weighted by Gasteiger charge is 2.24. The van der Waals surface area contributed by atoms with E-state index in [1.165, 1.54) is 6.42 Å². The molecule has 0 bridgehead atoms.